The molecule has 2 heterocycles. The first kappa shape index (κ1) is 18.4. The molecular weight excluding hydrogens is 376 g/mol. The molecule has 1 fully saturated rings. The summed E-state index contributed by atoms with van der Waals surface area (Å²) >= 11 is 0. The molecule has 3 aromatic rings. The largest absolute Gasteiger partial charge is 0.492 e. The number of carbonyl (C=O) groups is 3. The van der Waals surface area contributed by atoms with Gasteiger partial charge in [-0.1, -0.05) is 24.3 Å². The van der Waals surface area contributed by atoms with Gasteiger partial charge in [-0.15, -0.1) is 0 Å². The second-order valence-corrected chi connectivity index (χ2v) is 6.18. The van der Waals surface area contributed by atoms with Crippen molar-refractivity contribution in [3.8, 4) is 5.75 Å². The van der Waals surface area contributed by atoms with E-state index in [1.54, 1.807) is 49.4 Å². The average molecular weight is 392 g/mol. The van der Waals surface area contributed by atoms with Gasteiger partial charge in [0, 0.05) is 0 Å². The van der Waals surface area contributed by atoms with Crippen LogP contribution in [0.25, 0.3) is 11.1 Å². The van der Waals surface area contributed by atoms with E-state index in [1.807, 2.05) is 0 Å². The number of Topliss-reactive ketones (excluding diaryl/α,β-unsaturated/α-hetero) is 1. The van der Waals surface area contributed by atoms with Gasteiger partial charge in [0.05, 0.1) is 12.3 Å². The fourth-order valence-electron chi connectivity index (χ4n) is 3.20. The molecule has 0 aliphatic carbocycles. The van der Waals surface area contributed by atoms with Crippen LogP contribution in [0.3, 0.4) is 0 Å². The highest BCUT2D eigenvalue weighted by Crippen LogP contribution is 2.34. The van der Waals surface area contributed by atoms with Crippen LogP contribution in [0.4, 0.5) is 5.69 Å². The molecule has 2 N–H and O–H groups in total. The van der Waals surface area contributed by atoms with Crippen LogP contribution in [0.1, 0.15) is 18.7 Å². The lowest BCUT2D eigenvalue weighted by Crippen LogP contribution is -2.55. The number of nitrogens with zero attached hydrogens (tertiary/aromatic N) is 3. The van der Waals surface area contributed by atoms with E-state index in [9.17, 15) is 14.4 Å². The fraction of sp³-hybridized carbons (Fsp3) is 0.150. The minimum atomic E-state index is -1.41. The maximum atomic E-state index is 13.1. The van der Waals surface area contributed by atoms with Crippen molar-refractivity contribution >= 4 is 40.1 Å². The van der Waals surface area contributed by atoms with Crippen LogP contribution in [-0.2, 0) is 14.4 Å². The van der Waals surface area contributed by atoms with Crippen LogP contribution in [0.15, 0.2) is 58.0 Å². The first-order valence-electron chi connectivity index (χ1n) is 8.84. The molecule has 146 valence electrons. The van der Waals surface area contributed by atoms with Crippen molar-refractivity contribution in [1.82, 2.24) is 4.98 Å². The van der Waals surface area contributed by atoms with Crippen LogP contribution in [0, 0.1) is 0 Å². The predicted octanol–water partition coefficient (Wildman–Crippen LogP) is 1.77. The highest BCUT2D eigenvalue weighted by molar-refractivity contribution is 6.67. The van der Waals surface area contributed by atoms with Gasteiger partial charge >= 0.3 is 5.91 Å². The molecule has 1 aromatic heterocycles. The Labute approximate surface area is 164 Å². The van der Waals surface area contributed by atoms with E-state index < -0.39 is 23.5 Å². The number of hydrogen-bond donors (Lipinski definition) is 1. The number of oxazole rings is 1. The number of anilines is 1. The van der Waals surface area contributed by atoms with Crippen molar-refractivity contribution in [2.75, 3.05) is 11.5 Å². The molecular formula is C20H16N4O5. The topological polar surface area (TPSA) is 128 Å². The van der Waals surface area contributed by atoms with Crippen LogP contribution in [-0.4, -0.2) is 34.9 Å². The Morgan fingerprint density at radius 1 is 1.10 bits per heavy atom. The lowest BCUT2D eigenvalue weighted by Gasteiger charge is -2.29. The first-order chi connectivity index (χ1) is 14.1. The zero-order valence-electron chi connectivity index (χ0n) is 15.4. The number of aromatic nitrogens is 1. The third kappa shape index (κ3) is 2.92. The van der Waals surface area contributed by atoms with Gasteiger partial charge in [-0.05, 0) is 31.2 Å². The van der Waals surface area contributed by atoms with Crippen molar-refractivity contribution in [2.45, 2.75) is 12.8 Å². The summed E-state index contributed by atoms with van der Waals surface area (Å²) in [6.45, 7) is 2.07. The molecule has 29 heavy (non-hydrogen) atoms. The number of ketones is 1. The summed E-state index contributed by atoms with van der Waals surface area (Å²) in [6.07, 6.45) is 0. The summed E-state index contributed by atoms with van der Waals surface area (Å²) in [4.78, 5) is 43.9. The van der Waals surface area contributed by atoms with Crippen molar-refractivity contribution < 1.29 is 23.5 Å². The minimum Gasteiger partial charge on any atom is -0.492 e. The summed E-state index contributed by atoms with van der Waals surface area (Å²) in [5.74, 6) is 1.39. The van der Waals surface area contributed by atoms with Gasteiger partial charge in [-0.3, -0.25) is 14.4 Å². The Morgan fingerprint density at radius 2 is 1.83 bits per heavy atom. The van der Waals surface area contributed by atoms with Gasteiger partial charge < -0.3 is 15.0 Å². The van der Waals surface area contributed by atoms with Gasteiger partial charge in [-0.2, -0.15) is 5.10 Å². The molecule has 1 aliphatic rings. The molecule has 2 aromatic carbocycles. The number of imide groups is 1. The van der Waals surface area contributed by atoms with E-state index in [-0.39, 0.29) is 23.0 Å². The van der Waals surface area contributed by atoms with Gasteiger partial charge in [0.1, 0.15) is 17.0 Å². The highest BCUT2D eigenvalue weighted by atomic mass is 16.5. The smallest absolute Gasteiger partial charge is 0.302 e. The number of amides is 2. The normalized spacial score (nSPS) is 18.7. The molecule has 0 radical (unpaired) electrons. The Bertz CT molecular complexity index is 1130. The number of hydrazone groups is 1. The van der Waals surface area contributed by atoms with E-state index in [1.165, 1.54) is 6.07 Å². The van der Waals surface area contributed by atoms with Crippen molar-refractivity contribution in [3.63, 3.8) is 0 Å². The van der Waals surface area contributed by atoms with Crippen LogP contribution < -0.4 is 15.5 Å². The fourth-order valence-corrected chi connectivity index (χ4v) is 3.20. The molecule has 1 aliphatic heterocycles. The maximum absolute atomic E-state index is 13.1. The molecule has 1 atom stereocenters. The minimum absolute atomic E-state index is 0.111. The summed E-state index contributed by atoms with van der Waals surface area (Å²) in [5.41, 5.74) is 0.689. The highest BCUT2D eigenvalue weighted by Gasteiger charge is 2.49. The van der Waals surface area contributed by atoms with Crippen LogP contribution in [0.2, 0.25) is 0 Å². The average Bonchev–Trinajstić information content (AvgIpc) is 3.15. The van der Waals surface area contributed by atoms with E-state index >= 15 is 0 Å². The Morgan fingerprint density at radius 3 is 2.55 bits per heavy atom. The molecule has 4 rings (SSSR count). The van der Waals surface area contributed by atoms with E-state index in [4.69, 9.17) is 15.0 Å². The molecule has 0 bridgehead atoms. The number of para-hydroxylation sites is 4. The number of fused-ring (bicyclic) bond motifs is 1. The van der Waals surface area contributed by atoms with Gasteiger partial charge in [0.2, 0.25) is 11.7 Å². The Hall–Kier alpha value is -4.01. The molecule has 0 spiro atoms. The lowest BCUT2D eigenvalue weighted by molar-refractivity contribution is -0.139. The number of nitrogens with two attached hydrogens (primary N) is 1. The summed E-state index contributed by atoms with van der Waals surface area (Å²) in [5, 5.41) is 3.50. The zero-order chi connectivity index (χ0) is 20.5. The van der Waals surface area contributed by atoms with Gasteiger partial charge in [0.15, 0.2) is 11.5 Å². The SMILES string of the molecule is CCOc1ccccc1N1C(=O)C(=O)[C@@H](c2nc3ccccc3o2)/C(=N/N)C1=O. The maximum Gasteiger partial charge on any atom is 0.302 e. The van der Waals surface area contributed by atoms with Crippen molar-refractivity contribution in [2.24, 2.45) is 10.9 Å². The third-order valence-electron chi connectivity index (χ3n) is 4.47. The Kier molecular flexibility index (Phi) is 4.55. The molecule has 2 amide bonds. The van der Waals surface area contributed by atoms with E-state index in [0.29, 0.717) is 17.7 Å². The summed E-state index contributed by atoms with van der Waals surface area (Å²) in [6, 6.07) is 13.2. The van der Waals surface area contributed by atoms with Gasteiger partial charge in [0.25, 0.3) is 5.91 Å². The standard InChI is InChI=1S/C20H16N4O5/c1-2-28-14-10-6-4-8-12(14)24-19(26)16(23-21)15(17(25)20(24)27)18-22-11-7-3-5-9-13(11)29-18/h3-10,15H,2,21H2,1H3/b23-16-/t15-/m0/s1. The van der Waals surface area contributed by atoms with Crippen LogP contribution >= 0.6 is 0 Å². The monoisotopic (exact) mass is 392 g/mol. The number of rotatable bonds is 4. The van der Waals surface area contributed by atoms with E-state index in [2.05, 4.69) is 10.1 Å². The first-order valence-corrected chi connectivity index (χ1v) is 8.84. The van der Waals surface area contributed by atoms with Crippen molar-refractivity contribution in [1.29, 1.82) is 0 Å². The summed E-state index contributed by atoms with van der Waals surface area (Å²) < 4.78 is 11.1. The molecule has 1 saturated heterocycles. The predicted molar refractivity (Wildman–Crippen MR) is 103 cm³/mol. The number of ether oxygens (including phenoxy) is 1. The number of benzene rings is 2. The van der Waals surface area contributed by atoms with Crippen molar-refractivity contribution in [3.05, 3.63) is 54.4 Å². The lowest BCUT2D eigenvalue weighted by atomic mass is 9.91. The second kappa shape index (κ2) is 7.19. The zero-order valence-corrected chi connectivity index (χ0v) is 15.4. The molecule has 9 nitrogen and oxygen atoms in total. The molecule has 0 saturated carbocycles. The molecule has 9 heteroatoms. The molecule has 0 unspecified atom stereocenters. The van der Waals surface area contributed by atoms with Crippen LogP contribution in [0.5, 0.6) is 5.75 Å². The second-order valence-electron chi connectivity index (χ2n) is 6.18. The number of piperidine rings is 1. The van der Waals surface area contributed by atoms with E-state index in [0.717, 1.165) is 4.90 Å². The Balaban J connectivity index is 1.80. The number of hydrogen-bond acceptors (Lipinski definition) is 8. The number of carbonyl (C=O) groups excluding carboxylic acids is 3. The van der Waals surface area contributed by atoms with Gasteiger partial charge in [-0.25, -0.2) is 9.88 Å². The summed E-state index contributed by atoms with van der Waals surface area (Å²) in [7, 11) is 0. The quantitative estimate of drug-likeness (QED) is 0.310. The third-order valence-corrected chi connectivity index (χ3v) is 4.47.